The van der Waals surface area contributed by atoms with Gasteiger partial charge < -0.3 is 0 Å². The molecule has 14 heavy (non-hydrogen) atoms. The molecule has 0 aliphatic heterocycles. The molecule has 0 spiro atoms. The molecule has 0 heterocycles. The molecule has 0 aromatic rings. The lowest BCUT2D eigenvalue weighted by molar-refractivity contribution is 0.804. The lowest BCUT2D eigenvalue weighted by Crippen LogP contribution is -1.89. The Morgan fingerprint density at radius 3 is 2.71 bits per heavy atom. The van der Waals surface area contributed by atoms with E-state index in [1.807, 2.05) is 23.8 Å². The zero-order chi connectivity index (χ0) is 10.5. The molecule has 0 amide bonds. The Morgan fingerprint density at radius 2 is 2.00 bits per heavy atom. The second-order valence-corrected chi connectivity index (χ2v) is 2.40. The van der Waals surface area contributed by atoms with Crippen LogP contribution >= 0.6 is 0 Å². The Kier molecular flexibility index (Phi) is 9.91. The van der Waals surface area contributed by atoms with E-state index in [-0.39, 0.29) is 0 Å². The topological polar surface area (TPSA) is 53.8 Å². The number of allylic oxidation sites excluding steroid dienone is 6. The van der Waals surface area contributed by atoms with E-state index in [9.17, 15) is 4.91 Å². The van der Waals surface area contributed by atoms with Crippen molar-refractivity contribution in [1.29, 1.82) is 0 Å². The molecule has 0 bridgehead atoms. The van der Waals surface area contributed by atoms with Crippen molar-refractivity contribution in [1.82, 2.24) is 5.53 Å². The molecule has 0 fully saturated rings. The van der Waals surface area contributed by atoms with Gasteiger partial charge in [0, 0.05) is 6.21 Å². The molecule has 0 aliphatic rings. The largest absolute Gasteiger partial charge is 0.164 e. The number of hydrazone groups is 1. The summed E-state index contributed by atoms with van der Waals surface area (Å²) in [5.74, 6) is 0. The van der Waals surface area contributed by atoms with Crippen LogP contribution in [0.25, 0.3) is 0 Å². The maximum Gasteiger partial charge on any atom is 0.0722 e. The number of rotatable bonds is 7. The van der Waals surface area contributed by atoms with Crippen molar-refractivity contribution in [2.24, 2.45) is 10.4 Å². The van der Waals surface area contributed by atoms with Gasteiger partial charge in [-0.1, -0.05) is 37.3 Å². The molecule has 4 nitrogen and oxygen atoms in total. The first-order valence-electron chi connectivity index (χ1n) is 4.49. The van der Waals surface area contributed by atoms with Crippen LogP contribution in [0.5, 0.6) is 0 Å². The first kappa shape index (κ1) is 12.3. The summed E-state index contributed by atoms with van der Waals surface area (Å²) in [5.41, 5.74) is 1.92. The van der Waals surface area contributed by atoms with Crippen LogP contribution in [-0.2, 0) is 0 Å². The van der Waals surface area contributed by atoms with Crippen molar-refractivity contribution < 1.29 is 0 Å². The minimum atomic E-state index is 0.934. The molecule has 0 saturated heterocycles. The van der Waals surface area contributed by atoms with Gasteiger partial charge in [-0.25, -0.2) is 0 Å². The van der Waals surface area contributed by atoms with Crippen LogP contribution in [0.3, 0.4) is 0 Å². The average molecular weight is 193 g/mol. The monoisotopic (exact) mass is 193 g/mol. The summed E-state index contributed by atoms with van der Waals surface area (Å²) in [5, 5.41) is 5.79. The van der Waals surface area contributed by atoms with Crippen molar-refractivity contribution in [2.45, 2.75) is 19.8 Å². The van der Waals surface area contributed by atoms with Crippen molar-refractivity contribution >= 4 is 6.21 Å². The normalized spacial score (nSPS) is 12.4. The molecule has 4 heteroatoms. The third-order valence-corrected chi connectivity index (χ3v) is 1.29. The smallest absolute Gasteiger partial charge is 0.0722 e. The van der Waals surface area contributed by atoms with Gasteiger partial charge in [0.05, 0.1) is 5.29 Å². The lowest BCUT2D eigenvalue weighted by Gasteiger charge is -1.80. The van der Waals surface area contributed by atoms with Crippen LogP contribution in [-0.4, -0.2) is 6.21 Å². The first-order chi connectivity index (χ1) is 6.91. The fourth-order valence-corrected chi connectivity index (χ4v) is 0.712. The minimum Gasteiger partial charge on any atom is -0.164 e. The van der Waals surface area contributed by atoms with E-state index in [1.165, 1.54) is 6.21 Å². The van der Waals surface area contributed by atoms with E-state index in [4.69, 9.17) is 0 Å². The van der Waals surface area contributed by atoms with Gasteiger partial charge in [0.1, 0.15) is 0 Å². The predicted octanol–water partition coefficient (Wildman–Crippen LogP) is 2.71. The number of nitrogens with zero attached hydrogens (tertiary/aromatic N) is 2. The fourth-order valence-electron chi connectivity index (χ4n) is 0.712. The van der Waals surface area contributed by atoms with Crippen LogP contribution in [0.15, 0.2) is 46.8 Å². The fraction of sp³-hybridized carbons (Fsp3) is 0.300. The Hall–Kier alpha value is -1.71. The Morgan fingerprint density at radius 1 is 1.14 bits per heavy atom. The van der Waals surface area contributed by atoms with Crippen LogP contribution in [0.2, 0.25) is 0 Å². The standard InChI is InChI=1S/C10H15N3O/c1-2-3-4-5-6-7-8-9-10-11-12-13-14/h3-4,6-10H,2,5H2,1H3,(H,12,14)/b4-3+,7-6+,9-8+,11-10+. The van der Waals surface area contributed by atoms with Crippen LogP contribution in [0, 0.1) is 4.91 Å². The quantitative estimate of drug-likeness (QED) is 0.222. The first-order valence-corrected chi connectivity index (χ1v) is 4.49. The molecule has 0 unspecified atom stereocenters. The Labute approximate surface area is 84.0 Å². The van der Waals surface area contributed by atoms with Crippen LogP contribution < -0.4 is 5.53 Å². The summed E-state index contributed by atoms with van der Waals surface area (Å²) >= 11 is 0. The van der Waals surface area contributed by atoms with Crippen molar-refractivity contribution in [2.75, 3.05) is 0 Å². The SMILES string of the molecule is CC/C=C/C/C=C/C=C/C=N/NN=O. The highest BCUT2D eigenvalue weighted by Crippen LogP contribution is 1.88. The number of hydrogen-bond donors (Lipinski definition) is 1. The van der Waals surface area contributed by atoms with Gasteiger partial charge in [-0.3, -0.25) is 0 Å². The molecule has 0 rings (SSSR count). The zero-order valence-electron chi connectivity index (χ0n) is 8.26. The highest BCUT2D eigenvalue weighted by atomic mass is 16.3. The highest BCUT2D eigenvalue weighted by Gasteiger charge is 1.69. The van der Waals surface area contributed by atoms with Gasteiger partial charge in [-0.05, 0) is 18.9 Å². The van der Waals surface area contributed by atoms with Gasteiger partial charge in [-0.2, -0.15) is 10.6 Å². The molecule has 0 atom stereocenters. The van der Waals surface area contributed by atoms with Crippen LogP contribution in [0.4, 0.5) is 0 Å². The van der Waals surface area contributed by atoms with E-state index in [0.717, 1.165) is 12.8 Å². The summed E-state index contributed by atoms with van der Waals surface area (Å²) in [4.78, 5) is 9.52. The van der Waals surface area contributed by atoms with Crippen molar-refractivity contribution in [3.63, 3.8) is 0 Å². The predicted molar refractivity (Wildman–Crippen MR) is 59.8 cm³/mol. The summed E-state index contributed by atoms with van der Waals surface area (Å²) < 4.78 is 0. The van der Waals surface area contributed by atoms with Gasteiger partial charge >= 0.3 is 0 Å². The van der Waals surface area contributed by atoms with E-state index in [0.29, 0.717) is 0 Å². The maximum absolute atomic E-state index is 9.52. The molecule has 0 aromatic carbocycles. The molecular formula is C10H15N3O. The number of nitroso groups, excluding NO2 is 1. The summed E-state index contributed by atoms with van der Waals surface area (Å²) in [7, 11) is 0. The van der Waals surface area contributed by atoms with E-state index >= 15 is 0 Å². The second-order valence-electron chi connectivity index (χ2n) is 2.40. The van der Waals surface area contributed by atoms with Gasteiger partial charge in [0.25, 0.3) is 0 Å². The zero-order valence-corrected chi connectivity index (χ0v) is 8.26. The number of hydrogen-bond acceptors (Lipinski definition) is 3. The summed E-state index contributed by atoms with van der Waals surface area (Å²) in [6.45, 7) is 2.10. The Balaban J connectivity index is 3.50. The van der Waals surface area contributed by atoms with Gasteiger partial charge in [0.2, 0.25) is 0 Å². The summed E-state index contributed by atoms with van der Waals surface area (Å²) in [6, 6.07) is 0. The molecule has 1 N–H and O–H groups in total. The third kappa shape index (κ3) is 10.3. The molecule has 76 valence electrons. The van der Waals surface area contributed by atoms with E-state index in [1.54, 1.807) is 6.08 Å². The average Bonchev–Trinajstić information content (AvgIpc) is 2.21. The minimum absolute atomic E-state index is 0.934. The molecule has 0 radical (unpaired) electrons. The molecular weight excluding hydrogens is 178 g/mol. The summed E-state index contributed by atoms with van der Waals surface area (Å²) in [6.07, 6.45) is 15.2. The third-order valence-electron chi connectivity index (χ3n) is 1.29. The Bertz CT molecular complexity index is 242. The molecule has 0 aromatic heterocycles. The van der Waals surface area contributed by atoms with Gasteiger partial charge in [0.15, 0.2) is 0 Å². The highest BCUT2D eigenvalue weighted by molar-refractivity contribution is 5.71. The van der Waals surface area contributed by atoms with Crippen molar-refractivity contribution in [3.8, 4) is 0 Å². The molecule has 0 aliphatic carbocycles. The lowest BCUT2D eigenvalue weighted by atomic mass is 10.3. The van der Waals surface area contributed by atoms with Crippen LogP contribution in [0.1, 0.15) is 19.8 Å². The van der Waals surface area contributed by atoms with E-state index < -0.39 is 0 Å². The maximum atomic E-state index is 9.52. The molecule has 0 saturated carbocycles. The van der Waals surface area contributed by atoms with Crippen molar-refractivity contribution in [3.05, 3.63) is 41.4 Å². The number of nitrogens with one attached hydrogen (secondary N) is 1. The van der Waals surface area contributed by atoms with Gasteiger partial charge in [-0.15, -0.1) is 4.91 Å². The second kappa shape index (κ2) is 11.3. The van der Waals surface area contributed by atoms with E-state index in [2.05, 4.69) is 29.5 Å².